The Hall–Kier alpha value is -2.15. The van der Waals surface area contributed by atoms with Crippen molar-refractivity contribution in [2.45, 2.75) is 38.5 Å². The number of nitrogens with zero attached hydrogens (tertiary/aromatic N) is 1. The molecule has 1 aliphatic rings. The minimum Gasteiger partial charge on any atom is -0.256 e. The summed E-state index contributed by atoms with van der Waals surface area (Å²) in [6.45, 7) is 2.13. The van der Waals surface area contributed by atoms with Crippen LogP contribution in [-0.4, -0.2) is 4.98 Å². The third-order valence-electron chi connectivity index (χ3n) is 4.91. The van der Waals surface area contributed by atoms with Gasteiger partial charge in [0.15, 0.2) is 0 Å². The zero-order valence-electron chi connectivity index (χ0n) is 13.0. The van der Waals surface area contributed by atoms with Crippen LogP contribution in [0.2, 0.25) is 0 Å². The van der Waals surface area contributed by atoms with E-state index in [1.54, 1.807) is 0 Å². The number of pyridine rings is 1. The van der Waals surface area contributed by atoms with Gasteiger partial charge in [-0.15, -0.1) is 0 Å². The first-order chi connectivity index (χ1) is 10.8. The van der Waals surface area contributed by atoms with E-state index in [0.717, 1.165) is 11.6 Å². The van der Waals surface area contributed by atoms with Crippen molar-refractivity contribution < 1.29 is 0 Å². The number of benzene rings is 2. The van der Waals surface area contributed by atoms with E-state index in [-0.39, 0.29) is 0 Å². The van der Waals surface area contributed by atoms with Crippen molar-refractivity contribution in [1.29, 1.82) is 0 Å². The van der Waals surface area contributed by atoms with Crippen LogP contribution in [0.15, 0.2) is 54.7 Å². The van der Waals surface area contributed by atoms with Crippen LogP contribution in [0.1, 0.15) is 42.7 Å². The van der Waals surface area contributed by atoms with Crippen molar-refractivity contribution in [2.75, 3.05) is 0 Å². The molecule has 0 aliphatic heterocycles. The van der Waals surface area contributed by atoms with Crippen LogP contribution < -0.4 is 0 Å². The maximum atomic E-state index is 4.65. The molecule has 1 fully saturated rings. The maximum Gasteiger partial charge on any atom is 0.0780 e. The molecule has 1 saturated carbocycles. The van der Waals surface area contributed by atoms with Crippen molar-refractivity contribution >= 4 is 10.8 Å². The van der Waals surface area contributed by atoms with Crippen molar-refractivity contribution in [2.24, 2.45) is 0 Å². The summed E-state index contributed by atoms with van der Waals surface area (Å²) in [5.74, 6) is 0.764. The fourth-order valence-corrected chi connectivity index (χ4v) is 3.73. The van der Waals surface area contributed by atoms with Crippen molar-refractivity contribution in [3.8, 4) is 11.3 Å². The van der Waals surface area contributed by atoms with Gasteiger partial charge in [-0.2, -0.15) is 0 Å². The van der Waals surface area contributed by atoms with E-state index in [9.17, 15) is 0 Å². The molecule has 0 N–H and O–H groups in total. The fourth-order valence-electron chi connectivity index (χ4n) is 3.73. The number of hydrogen-bond donors (Lipinski definition) is 0. The van der Waals surface area contributed by atoms with Gasteiger partial charge in [0.2, 0.25) is 0 Å². The Labute approximate surface area is 132 Å². The Morgan fingerprint density at radius 3 is 2.64 bits per heavy atom. The molecular formula is C21H21N. The van der Waals surface area contributed by atoms with E-state index < -0.39 is 0 Å². The van der Waals surface area contributed by atoms with E-state index in [4.69, 9.17) is 0 Å². The smallest absolute Gasteiger partial charge is 0.0780 e. The van der Waals surface area contributed by atoms with Crippen molar-refractivity contribution in [3.63, 3.8) is 0 Å². The van der Waals surface area contributed by atoms with E-state index in [2.05, 4.69) is 60.4 Å². The summed E-state index contributed by atoms with van der Waals surface area (Å²) >= 11 is 0. The van der Waals surface area contributed by atoms with Crippen LogP contribution in [0.4, 0.5) is 0 Å². The summed E-state index contributed by atoms with van der Waals surface area (Å²) in [6, 6.07) is 17.7. The summed E-state index contributed by atoms with van der Waals surface area (Å²) in [5, 5.41) is 2.57. The standard InChI is InChI=1S/C21H21N/c1-15-5-4-8-19(13-15)21-20-10-9-17(16-6-2-3-7-16)14-18(20)11-12-22-21/h4-5,8-14,16H,2-3,6-7H2,1H3. The fraction of sp³-hybridized carbons (Fsp3) is 0.286. The maximum absolute atomic E-state index is 4.65. The highest BCUT2D eigenvalue weighted by molar-refractivity contribution is 5.94. The second-order valence-corrected chi connectivity index (χ2v) is 6.49. The molecule has 1 nitrogen and oxygen atoms in total. The molecule has 0 unspecified atom stereocenters. The lowest BCUT2D eigenvalue weighted by molar-refractivity contribution is 0.724. The van der Waals surface area contributed by atoms with Gasteiger partial charge >= 0.3 is 0 Å². The van der Waals surface area contributed by atoms with E-state index in [0.29, 0.717) is 0 Å². The lowest BCUT2D eigenvalue weighted by atomic mass is 9.94. The number of rotatable bonds is 2. The van der Waals surface area contributed by atoms with Gasteiger partial charge in [-0.25, -0.2) is 0 Å². The monoisotopic (exact) mass is 287 g/mol. The predicted octanol–water partition coefficient (Wildman–Crippen LogP) is 5.87. The summed E-state index contributed by atoms with van der Waals surface area (Å²) in [6.07, 6.45) is 7.41. The largest absolute Gasteiger partial charge is 0.256 e. The number of hydrogen-bond acceptors (Lipinski definition) is 1. The van der Waals surface area contributed by atoms with Crippen LogP contribution in [0.3, 0.4) is 0 Å². The van der Waals surface area contributed by atoms with Gasteiger partial charge in [0, 0.05) is 17.1 Å². The molecule has 110 valence electrons. The summed E-state index contributed by atoms with van der Waals surface area (Å²) in [5.41, 5.74) is 5.09. The molecule has 0 bridgehead atoms. The Balaban J connectivity index is 1.83. The van der Waals surface area contributed by atoms with Crippen LogP contribution in [0.5, 0.6) is 0 Å². The second kappa shape index (κ2) is 5.57. The first kappa shape index (κ1) is 13.5. The lowest BCUT2D eigenvalue weighted by Gasteiger charge is -2.12. The SMILES string of the molecule is Cc1cccc(-c2nccc3cc(C4CCCC4)ccc23)c1. The van der Waals surface area contributed by atoms with E-state index in [1.807, 2.05) is 6.20 Å². The van der Waals surface area contributed by atoms with Gasteiger partial charge in [-0.1, -0.05) is 54.8 Å². The molecule has 0 saturated heterocycles. The van der Waals surface area contributed by atoms with Gasteiger partial charge in [0.05, 0.1) is 5.69 Å². The lowest BCUT2D eigenvalue weighted by Crippen LogP contribution is -1.93. The highest BCUT2D eigenvalue weighted by Crippen LogP contribution is 2.36. The molecule has 0 radical (unpaired) electrons. The van der Waals surface area contributed by atoms with Crippen LogP contribution in [0, 0.1) is 6.92 Å². The quantitative estimate of drug-likeness (QED) is 0.574. The molecule has 0 atom stereocenters. The highest BCUT2D eigenvalue weighted by Gasteiger charge is 2.17. The van der Waals surface area contributed by atoms with Crippen molar-refractivity contribution in [3.05, 3.63) is 65.9 Å². The number of fused-ring (bicyclic) bond motifs is 1. The molecule has 1 heteroatoms. The first-order valence-corrected chi connectivity index (χ1v) is 8.27. The predicted molar refractivity (Wildman–Crippen MR) is 93.1 cm³/mol. The van der Waals surface area contributed by atoms with Crippen LogP contribution in [-0.2, 0) is 0 Å². The zero-order chi connectivity index (χ0) is 14.9. The molecule has 0 spiro atoms. The highest BCUT2D eigenvalue weighted by atomic mass is 14.7. The van der Waals surface area contributed by atoms with Gasteiger partial charge in [-0.05, 0) is 48.8 Å². The third kappa shape index (κ3) is 2.41. The average molecular weight is 287 g/mol. The molecule has 1 heterocycles. The molecule has 1 aromatic heterocycles. The number of aryl methyl sites for hydroxylation is 1. The summed E-state index contributed by atoms with van der Waals surface area (Å²) < 4.78 is 0. The Morgan fingerprint density at radius 2 is 1.82 bits per heavy atom. The normalized spacial score (nSPS) is 15.5. The summed E-state index contributed by atoms with van der Waals surface area (Å²) in [7, 11) is 0. The molecule has 1 aliphatic carbocycles. The van der Waals surface area contributed by atoms with E-state index >= 15 is 0 Å². The van der Waals surface area contributed by atoms with Gasteiger partial charge < -0.3 is 0 Å². The number of aromatic nitrogens is 1. The average Bonchev–Trinajstić information content (AvgIpc) is 3.08. The topological polar surface area (TPSA) is 12.9 Å². The zero-order valence-corrected chi connectivity index (χ0v) is 13.0. The van der Waals surface area contributed by atoms with Crippen molar-refractivity contribution in [1.82, 2.24) is 4.98 Å². The molecule has 2 aromatic carbocycles. The van der Waals surface area contributed by atoms with Gasteiger partial charge in [-0.3, -0.25) is 4.98 Å². The molecule has 3 aromatic rings. The Kier molecular flexibility index (Phi) is 3.42. The minimum atomic E-state index is 0.764. The minimum absolute atomic E-state index is 0.764. The summed E-state index contributed by atoms with van der Waals surface area (Å²) in [4.78, 5) is 4.65. The van der Waals surface area contributed by atoms with Gasteiger partial charge in [0.1, 0.15) is 0 Å². The first-order valence-electron chi connectivity index (χ1n) is 8.27. The van der Waals surface area contributed by atoms with Crippen LogP contribution in [0.25, 0.3) is 22.0 Å². The Morgan fingerprint density at radius 1 is 0.955 bits per heavy atom. The van der Waals surface area contributed by atoms with E-state index in [1.165, 1.54) is 53.1 Å². The molecule has 4 rings (SSSR count). The molecule has 22 heavy (non-hydrogen) atoms. The molecule has 0 amide bonds. The van der Waals surface area contributed by atoms with Gasteiger partial charge in [0.25, 0.3) is 0 Å². The third-order valence-corrected chi connectivity index (χ3v) is 4.91. The Bertz CT molecular complexity index is 813. The van der Waals surface area contributed by atoms with Crippen LogP contribution >= 0.6 is 0 Å². The molecular weight excluding hydrogens is 266 g/mol. The second-order valence-electron chi connectivity index (χ2n) is 6.49.